The van der Waals surface area contributed by atoms with E-state index in [1.807, 2.05) is 0 Å². The molecule has 1 aromatic carbocycles. The maximum Gasteiger partial charge on any atom is 0.238 e. The minimum Gasteiger partial charge on any atom is -0.385 e. The molecule has 0 unspecified atom stereocenters. The van der Waals surface area contributed by atoms with Gasteiger partial charge in [-0.2, -0.15) is 0 Å². The summed E-state index contributed by atoms with van der Waals surface area (Å²) < 4.78 is 22.2. The molecule has 1 saturated carbocycles. The number of benzene rings is 1. The smallest absolute Gasteiger partial charge is 0.238 e. The van der Waals surface area contributed by atoms with Crippen LogP contribution in [-0.4, -0.2) is 26.9 Å². The van der Waals surface area contributed by atoms with Gasteiger partial charge in [0.1, 0.15) is 0 Å². The summed E-state index contributed by atoms with van der Waals surface area (Å²) in [5, 5.41) is 11.1. The van der Waals surface area contributed by atoms with Crippen LogP contribution < -0.4 is 15.8 Å². The largest absolute Gasteiger partial charge is 0.385 e. The van der Waals surface area contributed by atoms with Gasteiger partial charge in [0.2, 0.25) is 15.9 Å². The molecule has 0 heterocycles. The van der Waals surface area contributed by atoms with Crippen molar-refractivity contribution in [2.45, 2.75) is 36.6 Å². The van der Waals surface area contributed by atoms with Crippen LogP contribution in [0.4, 0.5) is 5.69 Å². The van der Waals surface area contributed by atoms with E-state index in [0.717, 1.165) is 24.9 Å². The van der Waals surface area contributed by atoms with Gasteiger partial charge in [0, 0.05) is 24.7 Å². The van der Waals surface area contributed by atoms with Crippen LogP contribution in [0.1, 0.15) is 25.7 Å². The molecule has 0 spiro atoms. The summed E-state index contributed by atoms with van der Waals surface area (Å²) in [4.78, 5) is 11.5. The van der Waals surface area contributed by atoms with Crippen LogP contribution in [0.2, 0.25) is 0 Å². The second-order valence-electron chi connectivity index (χ2n) is 4.94. The molecule has 1 aliphatic carbocycles. The lowest BCUT2D eigenvalue weighted by Crippen LogP contribution is -2.25. The minimum atomic E-state index is -3.64. The van der Waals surface area contributed by atoms with Gasteiger partial charge in [-0.1, -0.05) is 0 Å². The molecular weight excluding hydrogens is 278 g/mol. The molecule has 7 heteroatoms. The van der Waals surface area contributed by atoms with Crippen molar-refractivity contribution in [3.8, 4) is 0 Å². The van der Waals surface area contributed by atoms with Crippen molar-refractivity contribution >= 4 is 21.6 Å². The zero-order chi connectivity index (χ0) is 14.6. The number of hydrogen-bond donors (Lipinski definition) is 3. The summed E-state index contributed by atoms with van der Waals surface area (Å²) >= 11 is 0. The van der Waals surface area contributed by atoms with Crippen LogP contribution in [0.25, 0.3) is 0 Å². The summed E-state index contributed by atoms with van der Waals surface area (Å²) in [5.41, 5.74) is 0.806. The van der Waals surface area contributed by atoms with E-state index in [9.17, 15) is 13.2 Å². The first-order valence-electron chi connectivity index (χ1n) is 6.61. The Bertz CT molecular complexity index is 565. The number of rotatable bonds is 7. The number of nitrogens with one attached hydrogen (secondary N) is 2. The van der Waals surface area contributed by atoms with E-state index in [4.69, 9.17) is 5.14 Å². The lowest BCUT2D eigenvalue weighted by Gasteiger charge is -2.07. The summed E-state index contributed by atoms with van der Waals surface area (Å²) in [7, 11) is -3.64. The highest BCUT2D eigenvalue weighted by atomic mass is 32.2. The summed E-state index contributed by atoms with van der Waals surface area (Å²) in [6.07, 6.45) is 3.43. The van der Waals surface area contributed by atoms with Crippen molar-refractivity contribution in [1.29, 1.82) is 0 Å². The molecule has 20 heavy (non-hydrogen) atoms. The van der Waals surface area contributed by atoms with Crippen LogP contribution in [-0.2, 0) is 14.8 Å². The third-order valence-electron chi connectivity index (χ3n) is 3.04. The molecule has 1 amide bonds. The Morgan fingerprint density at radius 3 is 2.45 bits per heavy atom. The van der Waals surface area contributed by atoms with Crippen LogP contribution in [0, 0.1) is 0 Å². The molecule has 0 radical (unpaired) electrons. The van der Waals surface area contributed by atoms with Gasteiger partial charge in [0.15, 0.2) is 0 Å². The Hall–Kier alpha value is -1.60. The predicted octanol–water partition coefficient (Wildman–Crippen LogP) is 0.805. The normalized spacial score (nSPS) is 14.8. The predicted molar refractivity (Wildman–Crippen MR) is 76.7 cm³/mol. The van der Waals surface area contributed by atoms with Crippen LogP contribution in [0.5, 0.6) is 0 Å². The highest BCUT2D eigenvalue weighted by Gasteiger charge is 2.22. The standard InChI is InChI=1S/C13H19N3O3S/c14-20(18,19)12-7-5-10(6-8-12)15-9-1-2-13(17)16-11-3-4-11/h5-8,11,15H,1-4,9H2,(H,16,17)(H2,14,18,19). The van der Waals surface area contributed by atoms with Crippen molar-refractivity contribution in [3.05, 3.63) is 24.3 Å². The fourth-order valence-electron chi connectivity index (χ4n) is 1.77. The summed E-state index contributed by atoms with van der Waals surface area (Å²) in [5.74, 6) is 0.0962. The molecule has 0 aliphatic heterocycles. The average Bonchev–Trinajstić information content (AvgIpc) is 3.18. The second-order valence-corrected chi connectivity index (χ2v) is 6.50. The van der Waals surface area contributed by atoms with Crippen LogP contribution in [0.15, 0.2) is 29.2 Å². The number of anilines is 1. The first-order valence-corrected chi connectivity index (χ1v) is 8.16. The molecule has 110 valence electrons. The van der Waals surface area contributed by atoms with Gasteiger partial charge in [-0.3, -0.25) is 4.79 Å². The number of primary sulfonamides is 1. The summed E-state index contributed by atoms with van der Waals surface area (Å²) in [6, 6.07) is 6.63. The Labute approximate surface area is 118 Å². The Kier molecular flexibility index (Phi) is 4.61. The number of nitrogens with two attached hydrogens (primary N) is 1. The van der Waals surface area contributed by atoms with Crippen LogP contribution >= 0.6 is 0 Å². The topological polar surface area (TPSA) is 101 Å². The Morgan fingerprint density at radius 1 is 1.25 bits per heavy atom. The van der Waals surface area contributed by atoms with Gasteiger partial charge < -0.3 is 10.6 Å². The molecule has 1 aliphatic rings. The molecule has 0 atom stereocenters. The average molecular weight is 297 g/mol. The van der Waals surface area contributed by atoms with E-state index in [0.29, 0.717) is 19.0 Å². The Balaban J connectivity index is 1.69. The molecule has 0 aromatic heterocycles. The monoisotopic (exact) mass is 297 g/mol. The van der Waals surface area contributed by atoms with E-state index >= 15 is 0 Å². The van der Waals surface area contributed by atoms with Gasteiger partial charge in [-0.25, -0.2) is 13.6 Å². The molecular formula is C13H19N3O3S. The lowest BCUT2D eigenvalue weighted by atomic mass is 10.2. The molecule has 2 rings (SSSR count). The first-order chi connectivity index (χ1) is 9.45. The van der Waals surface area contributed by atoms with Crippen molar-refractivity contribution < 1.29 is 13.2 Å². The molecule has 0 saturated heterocycles. The quantitative estimate of drug-likeness (QED) is 0.648. The van der Waals surface area contributed by atoms with Gasteiger partial charge in [0.25, 0.3) is 0 Å². The Morgan fingerprint density at radius 2 is 1.90 bits per heavy atom. The number of sulfonamides is 1. The van der Waals surface area contributed by atoms with E-state index in [-0.39, 0.29) is 10.8 Å². The lowest BCUT2D eigenvalue weighted by molar-refractivity contribution is -0.121. The third kappa shape index (κ3) is 4.82. The highest BCUT2D eigenvalue weighted by Crippen LogP contribution is 2.18. The van der Waals surface area contributed by atoms with E-state index in [1.54, 1.807) is 12.1 Å². The zero-order valence-electron chi connectivity index (χ0n) is 11.1. The van der Waals surface area contributed by atoms with Gasteiger partial charge in [0.05, 0.1) is 4.90 Å². The molecule has 0 bridgehead atoms. The molecule has 1 aromatic rings. The van der Waals surface area contributed by atoms with Gasteiger partial charge in [-0.05, 0) is 43.5 Å². The van der Waals surface area contributed by atoms with Crippen molar-refractivity contribution in [3.63, 3.8) is 0 Å². The second kappa shape index (κ2) is 6.23. The van der Waals surface area contributed by atoms with Gasteiger partial charge in [-0.15, -0.1) is 0 Å². The highest BCUT2D eigenvalue weighted by molar-refractivity contribution is 7.89. The maximum atomic E-state index is 11.4. The van der Waals surface area contributed by atoms with Crippen molar-refractivity contribution in [2.24, 2.45) is 5.14 Å². The summed E-state index contributed by atoms with van der Waals surface area (Å²) in [6.45, 7) is 0.660. The zero-order valence-corrected chi connectivity index (χ0v) is 11.9. The maximum absolute atomic E-state index is 11.4. The third-order valence-corrected chi connectivity index (χ3v) is 3.96. The number of amides is 1. The van der Waals surface area contributed by atoms with Gasteiger partial charge >= 0.3 is 0 Å². The molecule has 6 nitrogen and oxygen atoms in total. The van der Waals surface area contributed by atoms with E-state index in [1.165, 1.54) is 12.1 Å². The van der Waals surface area contributed by atoms with Crippen LogP contribution in [0.3, 0.4) is 0 Å². The first kappa shape index (κ1) is 14.8. The number of carbonyl (C=O) groups is 1. The van der Waals surface area contributed by atoms with E-state index < -0.39 is 10.0 Å². The number of carbonyl (C=O) groups excluding carboxylic acids is 1. The fourth-order valence-corrected chi connectivity index (χ4v) is 2.29. The fraction of sp³-hybridized carbons (Fsp3) is 0.462. The molecule has 1 fully saturated rings. The van der Waals surface area contributed by atoms with Crippen molar-refractivity contribution in [1.82, 2.24) is 5.32 Å². The SMILES string of the molecule is NS(=O)(=O)c1ccc(NCCCC(=O)NC2CC2)cc1. The molecule has 4 N–H and O–H groups in total. The van der Waals surface area contributed by atoms with E-state index in [2.05, 4.69) is 10.6 Å². The number of hydrogen-bond acceptors (Lipinski definition) is 4. The minimum absolute atomic E-state index is 0.0897. The van der Waals surface area contributed by atoms with Crippen molar-refractivity contribution in [2.75, 3.05) is 11.9 Å².